The maximum atomic E-state index is 10.1. The van der Waals surface area contributed by atoms with Crippen molar-refractivity contribution >= 4 is 23.8 Å². The molecule has 0 aliphatic heterocycles. The van der Waals surface area contributed by atoms with Crippen LogP contribution < -0.4 is 59.1 Å². The van der Waals surface area contributed by atoms with Gasteiger partial charge in [-0.25, -0.2) is 0 Å². The van der Waals surface area contributed by atoms with Crippen molar-refractivity contribution in [1.82, 2.24) is 0 Å². The zero-order chi connectivity index (χ0) is 7.28. The molecule has 11 heavy (non-hydrogen) atoms. The minimum Gasteiger partial charge on any atom is -1.00 e. The van der Waals surface area contributed by atoms with Crippen LogP contribution in [0.4, 0.5) is 0 Å². The van der Waals surface area contributed by atoms with Gasteiger partial charge in [-0.2, -0.15) is 0 Å². The first-order valence-electron chi connectivity index (χ1n) is 2.20. The van der Waals surface area contributed by atoms with E-state index in [-0.39, 0.29) is 74.8 Å². The molecule has 0 saturated carbocycles. The molecule has 0 unspecified atom stereocenters. The van der Waals surface area contributed by atoms with Crippen molar-refractivity contribution < 1.29 is 81.0 Å². The van der Waals surface area contributed by atoms with Crippen LogP contribution in [0.3, 0.4) is 0 Å². The third-order valence-corrected chi connectivity index (χ3v) is 0.801. The van der Waals surface area contributed by atoms with Gasteiger partial charge in [-0.05, 0) is 0 Å². The maximum absolute atomic E-state index is 10.1. The molecule has 7 heteroatoms. The molecule has 0 aliphatic rings. The summed E-state index contributed by atoms with van der Waals surface area (Å²) in [4.78, 5) is 19.9. The summed E-state index contributed by atoms with van der Waals surface area (Å²) < 4.78 is 3.67. The number of rotatable bonds is 3. The molecule has 56 valence electrons. The van der Waals surface area contributed by atoms with Crippen molar-refractivity contribution in [3.8, 4) is 0 Å². The van der Waals surface area contributed by atoms with E-state index < -0.39 is 11.9 Å². The summed E-state index contributed by atoms with van der Waals surface area (Å²) in [5.74, 6) is -1.77. The second-order valence-electron chi connectivity index (χ2n) is 1.34. The van der Waals surface area contributed by atoms with Crippen LogP contribution in [0.15, 0.2) is 0 Å². The SMILES string of the molecule is O=C(O)CCC(=O)OCl.[H-].[H-].[Na+].[Na+]. The summed E-state index contributed by atoms with van der Waals surface area (Å²) in [7, 11) is 0. The standard InChI is InChI=1S/C4H5ClO4.2Na.2H/c5-9-4(8)2-1-3(6)7;;;;/h1-2H2,(H,6,7);;;;/q;2*+1;2*-1. The molecule has 0 saturated heterocycles. The molecule has 0 fully saturated rings. The van der Waals surface area contributed by atoms with E-state index in [2.05, 4.69) is 16.2 Å². The summed E-state index contributed by atoms with van der Waals surface area (Å²) in [5, 5.41) is 8.01. The Morgan fingerprint density at radius 3 is 2.09 bits per heavy atom. The topological polar surface area (TPSA) is 63.6 Å². The van der Waals surface area contributed by atoms with E-state index in [1.54, 1.807) is 0 Å². The van der Waals surface area contributed by atoms with Gasteiger partial charge in [-0.3, -0.25) is 9.59 Å². The summed E-state index contributed by atoms with van der Waals surface area (Å²) in [6.45, 7) is 0. The minimum atomic E-state index is -1.04. The molecule has 0 heterocycles. The number of hydrogen-bond acceptors (Lipinski definition) is 3. The van der Waals surface area contributed by atoms with Gasteiger partial charge in [0.25, 0.3) is 0 Å². The Morgan fingerprint density at radius 2 is 1.82 bits per heavy atom. The Kier molecular flexibility index (Phi) is 18.5. The number of halogens is 1. The maximum Gasteiger partial charge on any atom is 1.00 e. The summed E-state index contributed by atoms with van der Waals surface area (Å²) in [6, 6.07) is 0. The Bertz CT molecular complexity index is 137. The van der Waals surface area contributed by atoms with Crippen LogP contribution >= 0.6 is 11.9 Å². The molecule has 0 aliphatic carbocycles. The molecular weight excluding hydrogens is 193 g/mol. The number of carbonyl (C=O) groups excluding carboxylic acids is 1. The fourth-order valence-corrected chi connectivity index (χ4v) is 0.325. The average molecular weight is 201 g/mol. The van der Waals surface area contributed by atoms with E-state index in [1.807, 2.05) is 0 Å². The van der Waals surface area contributed by atoms with Crippen molar-refractivity contribution in [2.24, 2.45) is 0 Å². The predicted molar refractivity (Wildman–Crippen MR) is 31.0 cm³/mol. The molecule has 0 rings (SSSR count). The van der Waals surface area contributed by atoms with Crippen LogP contribution in [0.2, 0.25) is 0 Å². The molecule has 0 atom stereocenters. The fraction of sp³-hybridized carbons (Fsp3) is 0.500. The predicted octanol–water partition coefficient (Wildman–Crippen LogP) is -5.22. The Hall–Kier alpha value is 1.23. The largest absolute Gasteiger partial charge is 1.00 e. The average Bonchev–Trinajstić information content (AvgIpc) is 1.83. The van der Waals surface area contributed by atoms with E-state index in [0.717, 1.165) is 0 Å². The molecule has 0 aromatic rings. The second kappa shape index (κ2) is 11.2. The van der Waals surface area contributed by atoms with Crippen LogP contribution in [-0.4, -0.2) is 17.0 Å². The Balaban J connectivity index is -0.0000000533. The molecule has 0 aromatic carbocycles. The van der Waals surface area contributed by atoms with E-state index in [9.17, 15) is 9.59 Å². The summed E-state index contributed by atoms with van der Waals surface area (Å²) in [6.07, 6.45) is -0.426. The molecule has 0 spiro atoms. The summed E-state index contributed by atoms with van der Waals surface area (Å²) >= 11 is 4.59. The zero-order valence-corrected chi connectivity index (χ0v) is 11.2. The van der Waals surface area contributed by atoms with Crippen molar-refractivity contribution in [1.29, 1.82) is 0 Å². The first kappa shape index (κ1) is 18.1. The fourth-order valence-electron chi connectivity index (χ4n) is 0.248. The molecule has 0 radical (unpaired) electrons. The van der Waals surface area contributed by atoms with Crippen molar-refractivity contribution in [3.63, 3.8) is 0 Å². The Labute approximate surface area is 116 Å². The number of carbonyl (C=O) groups is 2. The number of hydrogen-bond donors (Lipinski definition) is 1. The van der Waals surface area contributed by atoms with Crippen LogP contribution in [0.1, 0.15) is 15.7 Å². The molecule has 1 N–H and O–H groups in total. The normalized spacial score (nSPS) is 7.00. The summed E-state index contributed by atoms with van der Waals surface area (Å²) in [5.41, 5.74) is 0. The van der Waals surface area contributed by atoms with E-state index >= 15 is 0 Å². The molecule has 0 aromatic heterocycles. The van der Waals surface area contributed by atoms with Crippen LogP contribution in [0.5, 0.6) is 0 Å². The van der Waals surface area contributed by atoms with Gasteiger partial charge in [0.1, 0.15) is 11.9 Å². The molecule has 0 amide bonds. The zero-order valence-electron chi connectivity index (χ0n) is 8.46. The van der Waals surface area contributed by atoms with Gasteiger partial charge < -0.3 is 12.2 Å². The van der Waals surface area contributed by atoms with Crippen LogP contribution in [0.25, 0.3) is 0 Å². The van der Waals surface area contributed by atoms with Gasteiger partial charge in [0.15, 0.2) is 0 Å². The van der Waals surface area contributed by atoms with Crippen molar-refractivity contribution in [3.05, 3.63) is 0 Å². The smallest absolute Gasteiger partial charge is 1.00 e. The number of carboxylic acid groups (broad SMARTS) is 1. The van der Waals surface area contributed by atoms with Gasteiger partial charge in [-0.15, -0.1) is 0 Å². The molecule has 4 nitrogen and oxygen atoms in total. The van der Waals surface area contributed by atoms with E-state index in [1.165, 1.54) is 0 Å². The van der Waals surface area contributed by atoms with Gasteiger partial charge in [-0.1, -0.05) is 0 Å². The van der Waals surface area contributed by atoms with Gasteiger partial charge in [0.2, 0.25) is 0 Å². The van der Waals surface area contributed by atoms with Crippen molar-refractivity contribution in [2.45, 2.75) is 12.8 Å². The van der Waals surface area contributed by atoms with Crippen molar-refractivity contribution in [2.75, 3.05) is 0 Å². The van der Waals surface area contributed by atoms with Gasteiger partial charge in [0.05, 0.1) is 12.8 Å². The second-order valence-corrected chi connectivity index (χ2v) is 1.50. The third-order valence-electron chi connectivity index (χ3n) is 0.629. The van der Waals surface area contributed by atoms with Crippen LogP contribution in [-0.2, 0) is 13.9 Å². The number of carboxylic acids is 1. The number of aliphatic carboxylic acids is 1. The van der Waals surface area contributed by atoms with E-state index in [0.29, 0.717) is 0 Å². The van der Waals surface area contributed by atoms with E-state index in [4.69, 9.17) is 5.11 Å². The first-order valence-corrected chi connectivity index (χ1v) is 2.51. The van der Waals surface area contributed by atoms with Gasteiger partial charge >= 0.3 is 71.1 Å². The van der Waals surface area contributed by atoms with Crippen LogP contribution in [0, 0.1) is 0 Å². The third kappa shape index (κ3) is 14.1. The minimum absolute atomic E-state index is 0. The Morgan fingerprint density at radius 1 is 1.36 bits per heavy atom. The molecule has 0 bridgehead atoms. The quantitative estimate of drug-likeness (QED) is 0.463. The first-order chi connectivity index (χ1) is 4.16. The monoisotopic (exact) mass is 200 g/mol. The van der Waals surface area contributed by atoms with Gasteiger partial charge in [0, 0.05) is 0 Å². The molecular formula is C4H7ClNa2O4.